The molecule has 1 aliphatic rings. The number of nitrogens with zero attached hydrogens (tertiary/aromatic N) is 4. The number of halogens is 1. The molecule has 1 aliphatic heterocycles. The summed E-state index contributed by atoms with van der Waals surface area (Å²) in [6.45, 7) is 6.77. The Bertz CT molecular complexity index is 1170. The molecule has 0 unspecified atom stereocenters. The van der Waals surface area contributed by atoms with Gasteiger partial charge in [0.25, 0.3) is 0 Å². The van der Waals surface area contributed by atoms with Gasteiger partial charge in [0, 0.05) is 34.2 Å². The van der Waals surface area contributed by atoms with Crippen LogP contribution in [-0.4, -0.2) is 44.6 Å². The number of hydrogen-bond donors (Lipinski definition) is 2. The number of thiophene rings is 1. The minimum atomic E-state index is -0.473. The summed E-state index contributed by atoms with van der Waals surface area (Å²) in [6.07, 6.45) is 1.56. The van der Waals surface area contributed by atoms with Crippen molar-refractivity contribution in [3.05, 3.63) is 62.5 Å². The van der Waals surface area contributed by atoms with Crippen LogP contribution < -0.4 is 5.32 Å². The maximum absolute atomic E-state index is 12.7. The van der Waals surface area contributed by atoms with E-state index in [1.807, 2.05) is 35.8 Å². The molecule has 3 aromatic rings. The van der Waals surface area contributed by atoms with Gasteiger partial charge in [0.05, 0.1) is 12.1 Å². The largest absolute Gasteiger partial charge is 0.396 e. The fourth-order valence-corrected chi connectivity index (χ4v) is 5.18. The van der Waals surface area contributed by atoms with Crippen LogP contribution in [0.15, 0.2) is 29.3 Å². The molecule has 9 heteroatoms. The first-order valence-corrected chi connectivity index (χ1v) is 11.8. The average Bonchev–Trinajstić information content (AvgIpc) is 3.24. The maximum atomic E-state index is 12.7. The fourth-order valence-electron chi connectivity index (χ4n) is 3.84. The summed E-state index contributed by atoms with van der Waals surface area (Å²) in [7, 11) is 0. The average molecular weight is 472 g/mol. The van der Waals surface area contributed by atoms with E-state index in [-0.39, 0.29) is 18.9 Å². The van der Waals surface area contributed by atoms with Crippen molar-refractivity contribution in [2.45, 2.75) is 46.1 Å². The van der Waals surface area contributed by atoms with E-state index < -0.39 is 6.04 Å². The number of unbranched alkanes of at least 4 members (excludes halogenated alkanes) is 1. The van der Waals surface area contributed by atoms with E-state index in [1.54, 1.807) is 11.3 Å². The Labute approximate surface area is 196 Å². The van der Waals surface area contributed by atoms with Crippen LogP contribution in [0.25, 0.3) is 5.00 Å². The highest BCUT2D eigenvalue weighted by Crippen LogP contribution is 2.39. The Morgan fingerprint density at radius 3 is 2.66 bits per heavy atom. The van der Waals surface area contributed by atoms with E-state index in [0.29, 0.717) is 23.8 Å². The molecule has 0 radical (unpaired) electrons. The minimum Gasteiger partial charge on any atom is -0.396 e. The number of aliphatic hydroxyl groups is 1. The lowest BCUT2D eigenvalue weighted by molar-refractivity contribution is -0.121. The Hall–Kier alpha value is -2.55. The third-order valence-corrected chi connectivity index (χ3v) is 7.09. The molecule has 32 heavy (non-hydrogen) atoms. The van der Waals surface area contributed by atoms with Crippen LogP contribution >= 0.6 is 22.9 Å². The molecule has 4 rings (SSSR count). The van der Waals surface area contributed by atoms with Gasteiger partial charge in [0.2, 0.25) is 5.91 Å². The van der Waals surface area contributed by atoms with E-state index in [1.165, 1.54) is 4.88 Å². The van der Waals surface area contributed by atoms with Crippen molar-refractivity contribution in [3.8, 4) is 5.00 Å². The first-order chi connectivity index (χ1) is 15.4. The second-order valence-corrected chi connectivity index (χ2v) is 9.53. The normalized spacial score (nSPS) is 15.0. The number of amides is 1. The highest BCUT2D eigenvalue weighted by molar-refractivity contribution is 7.15. The summed E-state index contributed by atoms with van der Waals surface area (Å²) in [5, 5.41) is 22.3. The van der Waals surface area contributed by atoms with Gasteiger partial charge in [-0.05, 0) is 51.3 Å². The second-order valence-electron chi connectivity index (χ2n) is 7.89. The number of aromatic nitrogens is 3. The fraction of sp³-hybridized carbons (Fsp3) is 0.391. The van der Waals surface area contributed by atoms with Gasteiger partial charge in [0.15, 0.2) is 5.82 Å². The molecular formula is C23H26ClN5O2S. The molecule has 0 aliphatic carbocycles. The highest BCUT2D eigenvalue weighted by Gasteiger charge is 2.32. The zero-order chi connectivity index (χ0) is 22.8. The Morgan fingerprint density at radius 1 is 1.19 bits per heavy atom. The highest BCUT2D eigenvalue weighted by atomic mass is 35.5. The number of carbonyl (C=O) groups excluding carboxylic acids is 1. The smallest absolute Gasteiger partial charge is 0.222 e. The van der Waals surface area contributed by atoms with Gasteiger partial charge in [-0.2, -0.15) is 0 Å². The molecule has 1 atom stereocenters. The van der Waals surface area contributed by atoms with Gasteiger partial charge < -0.3 is 10.4 Å². The van der Waals surface area contributed by atoms with Crippen LogP contribution in [0.2, 0.25) is 5.02 Å². The Morgan fingerprint density at radius 2 is 1.94 bits per heavy atom. The molecule has 0 saturated heterocycles. The number of carbonyl (C=O) groups is 1. The summed E-state index contributed by atoms with van der Waals surface area (Å²) >= 11 is 7.82. The van der Waals surface area contributed by atoms with Crippen LogP contribution in [0.1, 0.15) is 58.5 Å². The number of hydrogen-bond acceptors (Lipinski definition) is 6. The van der Waals surface area contributed by atoms with E-state index in [2.05, 4.69) is 29.4 Å². The number of fused-ring (bicyclic) bond motifs is 3. The zero-order valence-electron chi connectivity index (χ0n) is 18.4. The number of aryl methyl sites for hydroxylation is 2. The number of aliphatic imine (C=N–C) groups is 1. The zero-order valence-corrected chi connectivity index (χ0v) is 19.9. The molecule has 0 spiro atoms. The molecule has 168 valence electrons. The lowest BCUT2D eigenvalue weighted by Gasteiger charge is -2.13. The first-order valence-electron chi connectivity index (χ1n) is 10.6. The van der Waals surface area contributed by atoms with Gasteiger partial charge in [-0.1, -0.05) is 23.7 Å². The Kier molecular flexibility index (Phi) is 6.74. The van der Waals surface area contributed by atoms with Crippen LogP contribution in [-0.2, 0) is 4.79 Å². The summed E-state index contributed by atoms with van der Waals surface area (Å²) in [6, 6.07) is 7.16. The quantitative estimate of drug-likeness (QED) is 0.508. The van der Waals surface area contributed by atoms with Gasteiger partial charge in [-0.3, -0.25) is 14.4 Å². The standard InChI is InChI=1S/C23H26ClN5O2S/c1-13-14(2)32-23-20(13)21(16-6-8-17(24)9-7-16)26-18(22-28-27-15(3)29(22)23)12-19(31)25-10-4-5-11-30/h6-9,18,30H,4-5,10-12H2,1-3H3,(H,25,31)/t18-/m1/s1. The molecular weight excluding hydrogens is 446 g/mol. The first kappa shape index (κ1) is 22.6. The van der Waals surface area contributed by atoms with Gasteiger partial charge in [0.1, 0.15) is 16.9 Å². The van der Waals surface area contributed by atoms with E-state index >= 15 is 0 Å². The molecule has 2 aromatic heterocycles. The molecule has 0 saturated carbocycles. The molecule has 7 nitrogen and oxygen atoms in total. The number of aliphatic hydroxyl groups excluding tert-OH is 1. The molecule has 3 heterocycles. The summed E-state index contributed by atoms with van der Waals surface area (Å²) < 4.78 is 2.04. The lowest BCUT2D eigenvalue weighted by Crippen LogP contribution is -2.26. The van der Waals surface area contributed by atoms with Gasteiger partial charge >= 0.3 is 0 Å². The maximum Gasteiger partial charge on any atom is 0.222 e. The van der Waals surface area contributed by atoms with Gasteiger partial charge in [-0.15, -0.1) is 21.5 Å². The summed E-state index contributed by atoms with van der Waals surface area (Å²) in [5.74, 6) is 1.33. The number of benzene rings is 1. The van der Waals surface area contributed by atoms with Crippen molar-refractivity contribution in [2.75, 3.05) is 13.2 Å². The van der Waals surface area contributed by atoms with Crippen LogP contribution in [0.5, 0.6) is 0 Å². The van der Waals surface area contributed by atoms with Gasteiger partial charge in [-0.25, -0.2) is 0 Å². The monoisotopic (exact) mass is 471 g/mol. The van der Waals surface area contributed by atoms with Crippen molar-refractivity contribution >= 4 is 34.6 Å². The number of nitrogens with one attached hydrogen (secondary N) is 1. The van der Waals surface area contributed by atoms with Crippen LogP contribution in [0.3, 0.4) is 0 Å². The van der Waals surface area contributed by atoms with E-state index in [9.17, 15) is 4.79 Å². The van der Waals surface area contributed by atoms with Crippen molar-refractivity contribution in [2.24, 2.45) is 4.99 Å². The molecule has 0 bridgehead atoms. The minimum absolute atomic E-state index is 0.0995. The predicted molar refractivity (Wildman–Crippen MR) is 127 cm³/mol. The molecule has 1 aromatic carbocycles. The topological polar surface area (TPSA) is 92.4 Å². The van der Waals surface area contributed by atoms with Crippen LogP contribution in [0, 0.1) is 20.8 Å². The lowest BCUT2D eigenvalue weighted by atomic mass is 9.99. The van der Waals surface area contributed by atoms with E-state index in [0.717, 1.165) is 39.6 Å². The number of rotatable bonds is 7. The van der Waals surface area contributed by atoms with Crippen molar-refractivity contribution in [1.82, 2.24) is 20.1 Å². The van der Waals surface area contributed by atoms with Crippen molar-refractivity contribution in [1.29, 1.82) is 0 Å². The van der Waals surface area contributed by atoms with Crippen LogP contribution in [0.4, 0.5) is 0 Å². The third-order valence-electron chi connectivity index (χ3n) is 5.64. The second kappa shape index (κ2) is 9.52. The Balaban J connectivity index is 1.79. The summed E-state index contributed by atoms with van der Waals surface area (Å²) in [4.78, 5) is 19.0. The van der Waals surface area contributed by atoms with E-state index in [4.69, 9.17) is 21.7 Å². The SMILES string of the molecule is Cc1sc2c(c1C)C(c1ccc(Cl)cc1)=N[C@H](CC(=O)NCCCCO)c1nnc(C)n1-2. The molecule has 1 amide bonds. The predicted octanol–water partition coefficient (Wildman–Crippen LogP) is 4.08. The van der Waals surface area contributed by atoms with Crippen molar-refractivity contribution in [3.63, 3.8) is 0 Å². The molecule has 0 fully saturated rings. The summed E-state index contributed by atoms with van der Waals surface area (Å²) in [5.41, 5.74) is 3.99. The van der Waals surface area contributed by atoms with Crippen molar-refractivity contribution < 1.29 is 9.90 Å². The molecule has 2 N–H and O–H groups in total. The third kappa shape index (κ3) is 4.35.